The maximum absolute atomic E-state index is 12.4. The molecular weight excluding hydrogens is 364 g/mol. The van der Waals surface area contributed by atoms with E-state index in [-0.39, 0.29) is 5.91 Å². The summed E-state index contributed by atoms with van der Waals surface area (Å²) < 4.78 is 5.71. The van der Waals surface area contributed by atoms with Crippen LogP contribution in [0.5, 0.6) is 5.75 Å². The first-order valence-corrected chi connectivity index (χ1v) is 10.6. The average molecular weight is 387 g/mol. The minimum atomic E-state index is -0.161. The molecule has 6 heteroatoms. The summed E-state index contributed by atoms with van der Waals surface area (Å²) in [6.07, 6.45) is 4.72. The number of rotatable bonds is 9. The highest BCUT2D eigenvalue weighted by Crippen LogP contribution is 2.28. The summed E-state index contributed by atoms with van der Waals surface area (Å²) in [7, 11) is 0. The van der Waals surface area contributed by atoms with Gasteiger partial charge in [0.1, 0.15) is 5.75 Å². The molecule has 26 heavy (non-hydrogen) atoms. The van der Waals surface area contributed by atoms with Crippen LogP contribution in [0.4, 0.5) is 5.13 Å². The summed E-state index contributed by atoms with van der Waals surface area (Å²) in [6, 6.07) is 11.3. The SMILES string of the molecule is CCCCCCOc1ccc(C(=O)Nc2nc(-c3cccs3)cs2)cc1. The van der Waals surface area contributed by atoms with E-state index >= 15 is 0 Å². The maximum Gasteiger partial charge on any atom is 0.257 e. The minimum absolute atomic E-state index is 0.161. The number of hydrogen-bond donors (Lipinski definition) is 1. The predicted octanol–water partition coefficient (Wildman–Crippen LogP) is 6.08. The number of carbonyl (C=O) groups excluding carboxylic acids is 1. The second-order valence-electron chi connectivity index (χ2n) is 5.90. The molecule has 0 saturated carbocycles. The molecule has 1 amide bonds. The number of unbranched alkanes of at least 4 members (excludes halogenated alkanes) is 3. The van der Waals surface area contributed by atoms with E-state index in [1.807, 2.05) is 35.0 Å². The monoisotopic (exact) mass is 386 g/mol. The van der Waals surface area contributed by atoms with Crippen molar-refractivity contribution in [3.05, 3.63) is 52.7 Å². The van der Waals surface area contributed by atoms with Gasteiger partial charge in [0.25, 0.3) is 5.91 Å². The van der Waals surface area contributed by atoms with Crippen LogP contribution in [0.2, 0.25) is 0 Å². The molecule has 0 fully saturated rings. The molecule has 1 N–H and O–H groups in total. The van der Waals surface area contributed by atoms with Gasteiger partial charge in [-0.25, -0.2) is 4.98 Å². The molecule has 0 radical (unpaired) electrons. The number of thiazole rings is 1. The molecule has 2 heterocycles. The molecule has 1 aromatic carbocycles. The normalized spacial score (nSPS) is 10.7. The highest BCUT2D eigenvalue weighted by atomic mass is 32.1. The molecule has 0 spiro atoms. The van der Waals surface area contributed by atoms with Crippen molar-refractivity contribution < 1.29 is 9.53 Å². The van der Waals surface area contributed by atoms with Gasteiger partial charge >= 0.3 is 0 Å². The molecule has 0 aliphatic heterocycles. The molecule has 0 aliphatic rings. The molecule has 0 atom stereocenters. The first-order valence-electron chi connectivity index (χ1n) is 8.80. The summed E-state index contributed by atoms with van der Waals surface area (Å²) in [5, 5.41) is 7.43. The lowest BCUT2D eigenvalue weighted by Crippen LogP contribution is -2.11. The third kappa shape index (κ3) is 5.16. The molecule has 2 aromatic heterocycles. The molecule has 4 nitrogen and oxygen atoms in total. The second kappa shape index (κ2) is 9.50. The van der Waals surface area contributed by atoms with Gasteiger partial charge in [0, 0.05) is 10.9 Å². The van der Waals surface area contributed by atoms with Crippen molar-refractivity contribution in [2.75, 3.05) is 11.9 Å². The Hall–Kier alpha value is -2.18. The third-order valence-corrected chi connectivity index (χ3v) is 5.53. The number of aromatic nitrogens is 1. The third-order valence-electron chi connectivity index (χ3n) is 3.88. The highest BCUT2D eigenvalue weighted by Gasteiger charge is 2.10. The van der Waals surface area contributed by atoms with Crippen molar-refractivity contribution in [1.29, 1.82) is 0 Å². The lowest BCUT2D eigenvalue weighted by molar-refractivity contribution is 0.102. The zero-order chi connectivity index (χ0) is 18.2. The number of anilines is 1. The fourth-order valence-corrected chi connectivity index (χ4v) is 3.93. The molecular formula is C20H22N2O2S2. The summed E-state index contributed by atoms with van der Waals surface area (Å²) in [5.41, 5.74) is 1.49. The van der Waals surface area contributed by atoms with E-state index in [4.69, 9.17) is 4.74 Å². The highest BCUT2D eigenvalue weighted by molar-refractivity contribution is 7.16. The Morgan fingerprint density at radius 3 is 2.69 bits per heavy atom. The summed E-state index contributed by atoms with van der Waals surface area (Å²) >= 11 is 3.06. The Labute approximate surface area is 161 Å². The molecule has 0 aliphatic carbocycles. The number of carbonyl (C=O) groups is 1. The van der Waals surface area contributed by atoms with Gasteiger partial charge in [0.05, 0.1) is 17.2 Å². The smallest absolute Gasteiger partial charge is 0.257 e. The van der Waals surface area contributed by atoms with Crippen LogP contribution in [0.1, 0.15) is 43.0 Å². The van der Waals surface area contributed by atoms with Crippen LogP contribution in [0.3, 0.4) is 0 Å². The molecule has 3 aromatic rings. The Kier molecular flexibility index (Phi) is 6.80. The van der Waals surface area contributed by atoms with Crippen molar-refractivity contribution in [3.8, 4) is 16.3 Å². The standard InChI is InChI=1S/C20H22N2O2S2/c1-2-3-4-5-12-24-16-10-8-15(9-11-16)19(23)22-20-21-17(14-26-20)18-7-6-13-25-18/h6-11,13-14H,2-5,12H2,1H3,(H,21,22,23). The van der Waals surface area contributed by atoms with Gasteiger partial charge in [-0.15, -0.1) is 22.7 Å². The van der Waals surface area contributed by atoms with E-state index < -0.39 is 0 Å². The fraction of sp³-hybridized carbons (Fsp3) is 0.300. The van der Waals surface area contributed by atoms with Crippen molar-refractivity contribution in [2.24, 2.45) is 0 Å². The van der Waals surface area contributed by atoms with Gasteiger partial charge in [0.2, 0.25) is 0 Å². The van der Waals surface area contributed by atoms with E-state index in [0.717, 1.165) is 29.3 Å². The molecule has 0 unspecified atom stereocenters. The van der Waals surface area contributed by atoms with Crippen LogP contribution in [0.15, 0.2) is 47.2 Å². The first-order chi connectivity index (χ1) is 12.8. The summed E-state index contributed by atoms with van der Waals surface area (Å²) in [6.45, 7) is 2.91. The van der Waals surface area contributed by atoms with Crippen molar-refractivity contribution in [1.82, 2.24) is 4.98 Å². The van der Waals surface area contributed by atoms with E-state index in [0.29, 0.717) is 10.7 Å². The zero-order valence-corrected chi connectivity index (χ0v) is 16.4. The average Bonchev–Trinajstić information content (AvgIpc) is 3.33. The van der Waals surface area contributed by atoms with Crippen LogP contribution in [-0.2, 0) is 0 Å². The van der Waals surface area contributed by atoms with E-state index in [1.54, 1.807) is 23.5 Å². The lowest BCUT2D eigenvalue weighted by Gasteiger charge is -2.07. The Morgan fingerprint density at radius 2 is 1.96 bits per heavy atom. The van der Waals surface area contributed by atoms with Crippen LogP contribution >= 0.6 is 22.7 Å². The number of nitrogens with one attached hydrogen (secondary N) is 1. The van der Waals surface area contributed by atoms with Gasteiger partial charge in [-0.05, 0) is 42.1 Å². The Balaban J connectivity index is 1.52. The van der Waals surface area contributed by atoms with E-state index in [2.05, 4.69) is 17.2 Å². The van der Waals surface area contributed by atoms with Crippen LogP contribution in [0, 0.1) is 0 Å². The molecule has 3 rings (SSSR count). The Bertz CT molecular complexity index is 811. The van der Waals surface area contributed by atoms with Gasteiger partial charge < -0.3 is 4.74 Å². The number of nitrogens with zero attached hydrogens (tertiary/aromatic N) is 1. The first kappa shape index (κ1) is 18.6. The van der Waals surface area contributed by atoms with Gasteiger partial charge in [0.15, 0.2) is 5.13 Å². The van der Waals surface area contributed by atoms with Gasteiger partial charge in [-0.2, -0.15) is 0 Å². The van der Waals surface area contributed by atoms with Crippen molar-refractivity contribution in [3.63, 3.8) is 0 Å². The number of hydrogen-bond acceptors (Lipinski definition) is 5. The van der Waals surface area contributed by atoms with Crippen molar-refractivity contribution >= 4 is 33.7 Å². The van der Waals surface area contributed by atoms with Crippen LogP contribution in [-0.4, -0.2) is 17.5 Å². The topological polar surface area (TPSA) is 51.2 Å². The number of benzene rings is 1. The number of amides is 1. The van der Waals surface area contributed by atoms with E-state index in [1.165, 1.54) is 30.6 Å². The molecule has 0 saturated heterocycles. The maximum atomic E-state index is 12.4. The lowest BCUT2D eigenvalue weighted by atomic mass is 10.2. The summed E-state index contributed by atoms with van der Waals surface area (Å²) in [5.74, 6) is 0.638. The summed E-state index contributed by atoms with van der Waals surface area (Å²) in [4.78, 5) is 17.9. The number of ether oxygens (including phenoxy) is 1. The zero-order valence-electron chi connectivity index (χ0n) is 14.7. The van der Waals surface area contributed by atoms with Gasteiger partial charge in [-0.3, -0.25) is 10.1 Å². The van der Waals surface area contributed by atoms with E-state index in [9.17, 15) is 4.79 Å². The van der Waals surface area contributed by atoms with Crippen LogP contribution in [0.25, 0.3) is 10.6 Å². The van der Waals surface area contributed by atoms with Gasteiger partial charge in [-0.1, -0.05) is 32.3 Å². The number of thiophene rings is 1. The van der Waals surface area contributed by atoms with Crippen molar-refractivity contribution in [2.45, 2.75) is 32.6 Å². The molecule has 136 valence electrons. The molecule has 0 bridgehead atoms. The minimum Gasteiger partial charge on any atom is -0.494 e. The Morgan fingerprint density at radius 1 is 1.12 bits per heavy atom. The second-order valence-corrected chi connectivity index (χ2v) is 7.71. The largest absolute Gasteiger partial charge is 0.494 e. The van der Waals surface area contributed by atoms with Crippen LogP contribution < -0.4 is 10.1 Å². The quantitative estimate of drug-likeness (QED) is 0.453. The fourth-order valence-electron chi connectivity index (χ4n) is 2.46. The predicted molar refractivity (Wildman–Crippen MR) is 109 cm³/mol.